The van der Waals surface area contributed by atoms with Gasteiger partial charge in [-0.3, -0.25) is 0 Å². The summed E-state index contributed by atoms with van der Waals surface area (Å²) < 4.78 is 17.6. The molecule has 2 rings (SSSR count). The van der Waals surface area contributed by atoms with Crippen LogP contribution in [0.5, 0.6) is 17.2 Å². The molecule has 0 amide bonds. The molecular weight excluding hydrogens is 400 g/mol. The van der Waals surface area contributed by atoms with E-state index in [9.17, 15) is 0 Å². The molecule has 5 heteroatoms. The van der Waals surface area contributed by atoms with Crippen molar-refractivity contribution in [2.45, 2.75) is 78.1 Å². The summed E-state index contributed by atoms with van der Waals surface area (Å²) in [5.74, 6) is 2.30. The highest BCUT2D eigenvalue weighted by Gasteiger charge is 2.15. The molecule has 0 aliphatic heterocycles. The summed E-state index contributed by atoms with van der Waals surface area (Å²) in [5.41, 5.74) is 8.35. The van der Waals surface area contributed by atoms with Crippen molar-refractivity contribution in [3.05, 3.63) is 36.4 Å². The van der Waals surface area contributed by atoms with Crippen LogP contribution in [0, 0.1) is 0 Å². The van der Waals surface area contributed by atoms with E-state index in [1.54, 1.807) is 7.11 Å². The van der Waals surface area contributed by atoms with E-state index in [-0.39, 0.29) is 0 Å². The number of benzene rings is 2. The predicted octanol–water partition coefficient (Wildman–Crippen LogP) is 6.90. The molecule has 0 aromatic heterocycles. The molecule has 32 heavy (non-hydrogen) atoms. The Morgan fingerprint density at radius 2 is 1.28 bits per heavy atom. The molecule has 2 aromatic carbocycles. The molecular formula is C27H41N2O3+. The number of hydrogen-bond acceptors (Lipinski definition) is 4. The predicted molar refractivity (Wildman–Crippen MR) is 131 cm³/mol. The van der Waals surface area contributed by atoms with Crippen molar-refractivity contribution < 1.29 is 19.7 Å². The average Bonchev–Trinajstić information content (AvgIpc) is 2.83. The van der Waals surface area contributed by atoms with Gasteiger partial charge in [-0.15, -0.1) is 0 Å². The van der Waals surface area contributed by atoms with Crippen LogP contribution in [-0.2, 0) is 0 Å². The first kappa shape index (κ1) is 25.7. The highest BCUT2D eigenvalue weighted by atomic mass is 16.5. The molecule has 176 valence electrons. The minimum absolute atomic E-state index is 0.622. The quantitative estimate of drug-likeness (QED) is 0.214. The molecule has 0 spiro atoms. The van der Waals surface area contributed by atoms with Gasteiger partial charge in [0.25, 0.3) is 0 Å². The van der Waals surface area contributed by atoms with Crippen molar-refractivity contribution >= 4 is 5.69 Å². The van der Waals surface area contributed by atoms with E-state index in [2.05, 4.69) is 19.0 Å². The van der Waals surface area contributed by atoms with Crippen LogP contribution in [0.1, 0.15) is 78.1 Å². The second kappa shape index (κ2) is 15.3. The smallest absolute Gasteiger partial charge is 0.175 e. The summed E-state index contributed by atoms with van der Waals surface area (Å²) in [4.78, 5) is 0. The summed E-state index contributed by atoms with van der Waals surface area (Å²) in [7, 11) is 1.67. The molecule has 2 aromatic rings. The Morgan fingerprint density at radius 1 is 0.719 bits per heavy atom. The van der Waals surface area contributed by atoms with Crippen LogP contribution in [0.4, 0.5) is 5.69 Å². The maximum absolute atomic E-state index is 6.19. The van der Waals surface area contributed by atoms with E-state index in [0.717, 1.165) is 35.5 Å². The number of rotatable bonds is 17. The molecule has 0 aliphatic rings. The number of hydrogen-bond donors (Lipinski definition) is 1. The van der Waals surface area contributed by atoms with Gasteiger partial charge in [0.05, 0.1) is 20.3 Å². The summed E-state index contributed by atoms with van der Waals surface area (Å²) in [5, 5.41) is 3.97. The zero-order valence-electron chi connectivity index (χ0n) is 20.2. The normalized spacial score (nSPS) is 10.7. The number of nitrogens with zero attached hydrogens (tertiary/aromatic N) is 1. The molecule has 0 bridgehead atoms. The topological polar surface area (TPSA) is 65.6 Å². The fourth-order valence-electron chi connectivity index (χ4n) is 3.66. The van der Waals surface area contributed by atoms with Gasteiger partial charge in [-0.05, 0) is 41.7 Å². The summed E-state index contributed by atoms with van der Waals surface area (Å²) in [6.45, 7) is 5.78. The van der Waals surface area contributed by atoms with Crippen molar-refractivity contribution in [3.8, 4) is 28.4 Å². The van der Waals surface area contributed by atoms with Gasteiger partial charge in [0, 0.05) is 11.6 Å². The molecule has 0 aliphatic carbocycles. The Bertz CT molecular complexity index is 790. The lowest BCUT2D eigenvalue weighted by Gasteiger charge is -2.16. The molecule has 0 unspecified atom stereocenters. The summed E-state index contributed by atoms with van der Waals surface area (Å²) in [6, 6.07) is 11.9. The van der Waals surface area contributed by atoms with Crippen LogP contribution in [0.15, 0.2) is 41.5 Å². The Hall–Kier alpha value is -2.56. The number of unbranched alkanes of at least 4 members (excludes halogenated alkanes) is 8. The zero-order valence-corrected chi connectivity index (χ0v) is 20.2. The van der Waals surface area contributed by atoms with Gasteiger partial charge in [0.1, 0.15) is 11.5 Å². The largest absolute Gasteiger partial charge is 0.497 e. The summed E-state index contributed by atoms with van der Waals surface area (Å²) >= 11 is 0. The Morgan fingerprint density at radius 3 is 1.81 bits per heavy atom. The third-order valence-electron chi connectivity index (χ3n) is 5.61. The molecule has 0 radical (unpaired) electrons. The molecule has 0 fully saturated rings. The first-order chi connectivity index (χ1) is 15.7. The van der Waals surface area contributed by atoms with E-state index >= 15 is 0 Å². The lowest BCUT2D eigenvalue weighted by molar-refractivity contribution is -0.210. The molecule has 2 N–H and O–H groups in total. The molecule has 0 saturated carbocycles. The minimum atomic E-state index is 0.622. The zero-order chi connectivity index (χ0) is 23.0. The van der Waals surface area contributed by atoms with Crippen molar-refractivity contribution in [1.29, 1.82) is 0 Å². The minimum Gasteiger partial charge on any atom is -0.497 e. The van der Waals surface area contributed by atoms with Gasteiger partial charge >= 0.3 is 0 Å². The van der Waals surface area contributed by atoms with Gasteiger partial charge in [0.2, 0.25) is 0 Å². The molecule has 0 saturated heterocycles. The Kier molecular flexibility index (Phi) is 12.3. The Labute approximate surface area is 194 Å². The third-order valence-corrected chi connectivity index (χ3v) is 5.61. The first-order valence-corrected chi connectivity index (χ1v) is 12.2. The SMILES string of the molecule is CCCCCCCOc1cc(-c2ccc(OC)cc2)c(OCCCCCCC)cc1N=[NH2+]. The van der Waals surface area contributed by atoms with Crippen LogP contribution in [0.2, 0.25) is 0 Å². The van der Waals surface area contributed by atoms with E-state index in [0.29, 0.717) is 24.7 Å². The first-order valence-electron chi connectivity index (χ1n) is 12.2. The number of nitrogens with two attached hydrogens (primary N) is 1. The van der Waals surface area contributed by atoms with E-state index in [1.165, 1.54) is 51.4 Å². The fraction of sp³-hybridized carbons (Fsp3) is 0.556. The van der Waals surface area contributed by atoms with Gasteiger partial charge < -0.3 is 14.2 Å². The van der Waals surface area contributed by atoms with Gasteiger partial charge in [-0.25, -0.2) is 0 Å². The lowest BCUT2D eigenvalue weighted by Crippen LogP contribution is -2.22. The highest BCUT2D eigenvalue weighted by Crippen LogP contribution is 2.40. The van der Waals surface area contributed by atoms with Gasteiger partial charge in [0.15, 0.2) is 11.4 Å². The van der Waals surface area contributed by atoms with Crippen LogP contribution in [-0.4, -0.2) is 20.3 Å². The van der Waals surface area contributed by atoms with Crippen molar-refractivity contribution in [3.63, 3.8) is 0 Å². The number of methoxy groups -OCH3 is 1. The van der Waals surface area contributed by atoms with E-state index in [1.807, 2.05) is 36.4 Å². The van der Waals surface area contributed by atoms with Crippen LogP contribution in [0.25, 0.3) is 11.1 Å². The highest BCUT2D eigenvalue weighted by molar-refractivity contribution is 5.76. The molecule has 0 atom stereocenters. The van der Waals surface area contributed by atoms with Crippen molar-refractivity contribution in [1.82, 2.24) is 0 Å². The second-order valence-corrected chi connectivity index (χ2v) is 8.20. The second-order valence-electron chi connectivity index (χ2n) is 8.20. The van der Waals surface area contributed by atoms with Gasteiger partial charge in [-0.1, -0.05) is 77.3 Å². The maximum atomic E-state index is 6.19. The van der Waals surface area contributed by atoms with Crippen LogP contribution in [0.3, 0.4) is 0 Å². The van der Waals surface area contributed by atoms with Crippen molar-refractivity contribution in [2.24, 2.45) is 5.11 Å². The van der Waals surface area contributed by atoms with Crippen molar-refractivity contribution in [2.75, 3.05) is 20.3 Å². The van der Waals surface area contributed by atoms with E-state index in [4.69, 9.17) is 19.7 Å². The average molecular weight is 442 g/mol. The monoisotopic (exact) mass is 441 g/mol. The number of ether oxygens (including phenoxy) is 3. The van der Waals surface area contributed by atoms with Crippen LogP contribution >= 0.6 is 0 Å². The van der Waals surface area contributed by atoms with E-state index < -0.39 is 0 Å². The molecule has 0 heterocycles. The Balaban J connectivity index is 2.17. The summed E-state index contributed by atoms with van der Waals surface area (Å²) in [6.07, 6.45) is 11.9. The fourth-order valence-corrected chi connectivity index (χ4v) is 3.66. The maximum Gasteiger partial charge on any atom is 0.175 e. The van der Waals surface area contributed by atoms with Crippen LogP contribution < -0.4 is 19.7 Å². The third kappa shape index (κ3) is 8.52. The lowest BCUT2D eigenvalue weighted by atomic mass is 10.0. The van der Waals surface area contributed by atoms with Gasteiger partial charge in [-0.2, -0.15) is 5.53 Å². The standard InChI is InChI=1S/C27H40N2O3/c1-4-6-8-10-12-18-31-26-21-25(29-28)27(32-19-13-11-9-7-5-2)20-24(26)22-14-16-23(30-3)17-15-22/h14-17,20-21,28H,4-13,18-19H2,1-3H3/p+1. The molecule has 5 nitrogen and oxygen atoms in total.